The Labute approximate surface area is 209 Å². The van der Waals surface area contributed by atoms with Crippen molar-refractivity contribution in [1.82, 2.24) is 10.2 Å². The zero-order valence-electron chi connectivity index (χ0n) is 19.0. The zero-order valence-corrected chi connectivity index (χ0v) is 19.8. The maximum atomic E-state index is 12.9. The summed E-state index contributed by atoms with van der Waals surface area (Å²) >= 11 is 1.13. The average molecular weight is 512 g/mol. The molecule has 2 heterocycles. The molecule has 4 rings (SSSR count). The Bertz CT molecular complexity index is 1260. The summed E-state index contributed by atoms with van der Waals surface area (Å²) in [5.74, 6) is -1.32. The van der Waals surface area contributed by atoms with Crippen molar-refractivity contribution in [1.29, 1.82) is 0 Å². The van der Waals surface area contributed by atoms with Crippen LogP contribution in [-0.2, 0) is 25.7 Å². The number of ether oxygens (including phenoxy) is 2. The van der Waals surface area contributed by atoms with Crippen molar-refractivity contribution in [3.63, 3.8) is 0 Å². The van der Waals surface area contributed by atoms with E-state index in [9.17, 15) is 29.6 Å². The maximum Gasteiger partial charge on any atom is 0.355 e. The largest absolute Gasteiger partial charge is 0.514 e. The number of hydrogen-bond acceptors (Lipinski definition) is 9. The van der Waals surface area contributed by atoms with Gasteiger partial charge in [0.25, 0.3) is 17.5 Å². The van der Waals surface area contributed by atoms with Gasteiger partial charge in [0.15, 0.2) is 6.61 Å². The van der Waals surface area contributed by atoms with Crippen molar-refractivity contribution in [3.05, 3.63) is 92.7 Å². The highest BCUT2D eigenvalue weighted by Gasteiger charge is 2.55. The molecule has 0 aromatic heterocycles. The normalized spacial score (nSPS) is 19.9. The van der Waals surface area contributed by atoms with E-state index >= 15 is 0 Å². The maximum absolute atomic E-state index is 12.9. The van der Waals surface area contributed by atoms with Crippen LogP contribution in [0, 0.1) is 10.1 Å². The fourth-order valence-electron chi connectivity index (χ4n) is 3.66. The number of non-ortho nitro benzene ring substituents is 1. The summed E-state index contributed by atoms with van der Waals surface area (Å²) in [6.45, 7) is 1.09. The van der Waals surface area contributed by atoms with Crippen molar-refractivity contribution in [3.8, 4) is 5.75 Å². The highest BCUT2D eigenvalue weighted by atomic mass is 32.2. The second kappa shape index (κ2) is 10.5. The summed E-state index contributed by atoms with van der Waals surface area (Å²) in [6, 6.07) is 13.3. The molecule has 2 amide bonds. The Kier molecular flexibility index (Phi) is 7.25. The molecule has 0 radical (unpaired) electrons. The summed E-state index contributed by atoms with van der Waals surface area (Å²) in [5, 5.41) is 22.4. The number of nitro benzene ring substituents is 1. The number of fused-ring (bicyclic) bond motifs is 1. The summed E-state index contributed by atoms with van der Waals surface area (Å²) in [4.78, 5) is 50.1. The van der Waals surface area contributed by atoms with E-state index in [1.54, 1.807) is 31.2 Å². The minimum Gasteiger partial charge on any atom is -0.514 e. The van der Waals surface area contributed by atoms with E-state index in [1.807, 2.05) is 6.07 Å². The van der Waals surface area contributed by atoms with Gasteiger partial charge in [0.2, 0.25) is 0 Å². The van der Waals surface area contributed by atoms with Gasteiger partial charge in [-0.15, -0.1) is 0 Å². The van der Waals surface area contributed by atoms with Crippen molar-refractivity contribution in [2.45, 2.75) is 24.9 Å². The van der Waals surface area contributed by atoms with E-state index in [1.165, 1.54) is 29.2 Å². The molecule has 0 spiro atoms. The topological polar surface area (TPSA) is 148 Å². The SMILES string of the molecule is CC1=C(C(=O)OCc2ccc([N+](=O)[O-])cc2)N2C(=O)C(NC(=O)COc3ccccc3)C2S/C1=C\O. The minimum absolute atomic E-state index is 0.0444. The van der Waals surface area contributed by atoms with Crippen LogP contribution in [-0.4, -0.2) is 50.7 Å². The number of nitro groups is 1. The molecule has 186 valence electrons. The number of benzene rings is 2. The van der Waals surface area contributed by atoms with Crippen LogP contribution >= 0.6 is 11.8 Å². The Morgan fingerprint density at radius 3 is 2.53 bits per heavy atom. The van der Waals surface area contributed by atoms with Gasteiger partial charge in [-0.25, -0.2) is 4.79 Å². The molecule has 0 aliphatic carbocycles. The summed E-state index contributed by atoms with van der Waals surface area (Å²) in [5.41, 5.74) is 0.724. The molecule has 2 aliphatic heterocycles. The third-order valence-electron chi connectivity index (χ3n) is 5.51. The van der Waals surface area contributed by atoms with Crippen molar-refractivity contribution >= 4 is 35.2 Å². The highest BCUT2D eigenvalue weighted by molar-refractivity contribution is 8.04. The quantitative estimate of drug-likeness (QED) is 0.179. The van der Waals surface area contributed by atoms with Crippen molar-refractivity contribution in [2.75, 3.05) is 6.61 Å². The van der Waals surface area contributed by atoms with Gasteiger partial charge >= 0.3 is 5.97 Å². The number of β-lactam (4-membered cyclic amide) rings is 1. The van der Waals surface area contributed by atoms with Crippen LogP contribution in [0.3, 0.4) is 0 Å². The van der Waals surface area contributed by atoms with Crippen LogP contribution in [0.25, 0.3) is 0 Å². The number of allylic oxidation sites excluding steroid dienone is 1. The smallest absolute Gasteiger partial charge is 0.355 e. The Morgan fingerprint density at radius 2 is 1.89 bits per heavy atom. The predicted octanol–water partition coefficient (Wildman–Crippen LogP) is 2.79. The number of para-hydroxylation sites is 1. The third kappa shape index (κ3) is 5.03. The number of aliphatic hydroxyl groups excluding tert-OH is 1. The van der Waals surface area contributed by atoms with E-state index in [2.05, 4.69) is 5.32 Å². The highest BCUT2D eigenvalue weighted by Crippen LogP contribution is 2.46. The predicted molar refractivity (Wildman–Crippen MR) is 128 cm³/mol. The lowest BCUT2D eigenvalue weighted by molar-refractivity contribution is -0.384. The first kappa shape index (κ1) is 24.8. The molecule has 1 saturated heterocycles. The number of thioether (sulfide) groups is 1. The Morgan fingerprint density at radius 1 is 1.19 bits per heavy atom. The molecular weight excluding hydrogens is 490 g/mol. The van der Waals surface area contributed by atoms with Gasteiger partial charge in [-0.3, -0.25) is 24.6 Å². The molecule has 2 unspecified atom stereocenters. The fraction of sp³-hybridized carbons (Fsp3) is 0.208. The lowest BCUT2D eigenvalue weighted by Crippen LogP contribution is -2.70. The second-order valence-electron chi connectivity index (χ2n) is 7.83. The van der Waals surface area contributed by atoms with Gasteiger partial charge in [-0.1, -0.05) is 30.0 Å². The molecular formula is C24H21N3O8S. The lowest BCUT2D eigenvalue weighted by atomic mass is 10.0. The second-order valence-corrected chi connectivity index (χ2v) is 8.99. The first-order chi connectivity index (χ1) is 17.3. The number of amides is 2. The molecule has 12 heteroatoms. The van der Waals surface area contributed by atoms with Gasteiger partial charge in [0, 0.05) is 17.0 Å². The van der Waals surface area contributed by atoms with E-state index in [-0.39, 0.29) is 24.6 Å². The minimum atomic E-state index is -0.928. The van der Waals surface area contributed by atoms with E-state index < -0.39 is 34.1 Å². The molecule has 2 aromatic rings. The number of hydrogen-bond donors (Lipinski definition) is 2. The molecule has 11 nitrogen and oxygen atoms in total. The standard InChI is InChI=1S/C24H21N3O8S/c1-14-18(11-28)36-23-20(25-19(29)13-34-17-5-3-2-4-6-17)22(30)26(23)21(14)24(31)35-12-15-7-9-16(10-8-15)27(32)33/h2-11,20,23,28H,12-13H2,1H3,(H,25,29)/b18-11-. The van der Waals surface area contributed by atoms with Crippen molar-refractivity contribution < 1.29 is 33.9 Å². The number of esters is 1. The number of nitrogens with zero attached hydrogens (tertiary/aromatic N) is 2. The van der Waals surface area contributed by atoms with Gasteiger partial charge in [-0.2, -0.15) is 0 Å². The summed E-state index contributed by atoms with van der Waals surface area (Å²) in [7, 11) is 0. The summed E-state index contributed by atoms with van der Waals surface area (Å²) < 4.78 is 10.8. The first-order valence-corrected chi connectivity index (χ1v) is 11.6. The van der Waals surface area contributed by atoms with Crippen LogP contribution in [0.1, 0.15) is 12.5 Å². The molecule has 0 saturated carbocycles. The molecule has 36 heavy (non-hydrogen) atoms. The monoisotopic (exact) mass is 511 g/mol. The number of aliphatic hydroxyl groups is 1. The average Bonchev–Trinajstić information content (AvgIpc) is 2.89. The molecule has 2 atom stereocenters. The van der Waals surface area contributed by atoms with E-state index in [0.29, 0.717) is 21.8 Å². The molecule has 0 bridgehead atoms. The Balaban J connectivity index is 1.42. The summed E-state index contributed by atoms with van der Waals surface area (Å²) in [6.07, 6.45) is 0.834. The zero-order chi connectivity index (χ0) is 25.8. The number of carbonyl (C=O) groups excluding carboxylic acids is 3. The molecule has 1 fully saturated rings. The molecule has 2 aliphatic rings. The lowest BCUT2D eigenvalue weighted by Gasteiger charge is -2.49. The van der Waals surface area contributed by atoms with Gasteiger partial charge in [-0.05, 0) is 42.3 Å². The fourth-order valence-corrected chi connectivity index (χ4v) is 4.89. The van der Waals surface area contributed by atoms with Gasteiger partial charge < -0.3 is 19.9 Å². The van der Waals surface area contributed by atoms with Crippen molar-refractivity contribution in [2.24, 2.45) is 0 Å². The third-order valence-corrected chi connectivity index (χ3v) is 6.90. The van der Waals surface area contributed by atoms with Crippen LogP contribution < -0.4 is 10.1 Å². The van der Waals surface area contributed by atoms with E-state index in [0.717, 1.165) is 18.0 Å². The van der Waals surface area contributed by atoms with Gasteiger partial charge in [0.05, 0.1) is 11.2 Å². The van der Waals surface area contributed by atoms with Crippen LogP contribution in [0.2, 0.25) is 0 Å². The van der Waals surface area contributed by atoms with E-state index in [4.69, 9.17) is 9.47 Å². The molecule has 2 aromatic carbocycles. The first-order valence-electron chi connectivity index (χ1n) is 10.7. The molecule has 2 N–H and O–H groups in total. The van der Waals surface area contributed by atoms with Gasteiger partial charge in [0.1, 0.15) is 29.5 Å². The van der Waals surface area contributed by atoms with Crippen LogP contribution in [0.15, 0.2) is 77.0 Å². The van der Waals surface area contributed by atoms with Crippen LogP contribution in [0.5, 0.6) is 5.75 Å². The number of nitrogens with one attached hydrogen (secondary N) is 1. The number of carbonyl (C=O) groups is 3. The van der Waals surface area contributed by atoms with Crippen LogP contribution in [0.4, 0.5) is 5.69 Å². The number of rotatable bonds is 8. The Hall–Kier alpha value is -4.32.